The fraction of sp³-hybridized carbons (Fsp3) is 0.429. The van der Waals surface area contributed by atoms with Crippen LogP contribution in [-0.2, 0) is 41.6 Å². The van der Waals surface area contributed by atoms with Gasteiger partial charge in [0.05, 0.1) is 40.9 Å². The van der Waals surface area contributed by atoms with E-state index in [0.717, 1.165) is 54.9 Å². The Morgan fingerprint density at radius 2 is 1.58 bits per heavy atom. The van der Waals surface area contributed by atoms with Crippen LogP contribution < -0.4 is 20.7 Å². The summed E-state index contributed by atoms with van der Waals surface area (Å²) < 4.78 is 19.4. The van der Waals surface area contributed by atoms with Crippen molar-refractivity contribution in [2.75, 3.05) is 44.9 Å². The van der Waals surface area contributed by atoms with Gasteiger partial charge < -0.3 is 40.2 Å². The van der Waals surface area contributed by atoms with Gasteiger partial charge in [0.25, 0.3) is 0 Å². The van der Waals surface area contributed by atoms with E-state index in [1.807, 2.05) is 88.7 Å². The second kappa shape index (κ2) is 25.2. The molecule has 1 fully saturated rings. The van der Waals surface area contributed by atoms with Crippen molar-refractivity contribution in [3.05, 3.63) is 128 Å². The number of aryl methyl sites for hydroxylation is 3. The molecule has 76 heavy (non-hydrogen) atoms. The number of likely N-dealkylation sites (tertiary alicyclic amines) is 1. The van der Waals surface area contributed by atoms with Crippen LogP contribution >= 0.6 is 34.3 Å². The van der Waals surface area contributed by atoms with Gasteiger partial charge in [-0.15, -0.1) is 32.9 Å². The van der Waals surface area contributed by atoms with Crippen molar-refractivity contribution in [3.8, 4) is 21.2 Å². The molecule has 0 bridgehead atoms. The molecule has 6 aromatic rings. The molecule has 4 N–H and O–H groups in total. The molecule has 17 nitrogen and oxygen atoms in total. The lowest BCUT2D eigenvalue weighted by molar-refractivity contribution is -0.144. The SMILES string of the molecule is CCc1nnc2n1-c1sc(C)c(C)c1C(c1ccc(Cl)cc1)=N[C@H]2CC(=O)Nc1ccc(OCCCOCCCOCC(=O)N[C@H](C(=O)N2C[C@H](O)C[C@H]2C(=O)NCc2ccc(-c3scnc3C)cc2)C(C)(C)C)cc1. The van der Waals surface area contributed by atoms with Crippen molar-refractivity contribution in [1.82, 2.24) is 35.3 Å². The number of nitrogens with one attached hydrogen (secondary N) is 3. The van der Waals surface area contributed by atoms with Gasteiger partial charge in [-0.2, -0.15) is 0 Å². The smallest absolute Gasteiger partial charge is 0.246 e. The Bertz CT molecular complexity index is 3020. The monoisotopic (exact) mass is 1090 g/mol. The third-order valence-corrected chi connectivity index (χ3v) is 15.7. The number of fused-ring (bicyclic) bond motifs is 3. The van der Waals surface area contributed by atoms with E-state index in [-0.39, 0.29) is 51.0 Å². The molecule has 0 radical (unpaired) electrons. The summed E-state index contributed by atoms with van der Waals surface area (Å²) in [4.78, 5) is 67.4. The number of β-amino-alcohol motifs (C(OH)–C–C–N with tert-alkyl or cyclic N) is 1. The number of thiazole rings is 1. The highest BCUT2D eigenvalue weighted by Crippen LogP contribution is 2.40. The Morgan fingerprint density at radius 1 is 0.882 bits per heavy atom. The van der Waals surface area contributed by atoms with Crippen LogP contribution in [0.15, 0.2) is 83.3 Å². The number of hydrogen-bond acceptors (Lipinski definition) is 14. The van der Waals surface area contributed by atoms with E-state index in [9.17, 15) is 24.3 Å². The summed E-state index contributed by atoms with van der Waals surface area (Å²) in [5.74, 6) is 0.587. The number of aromatic nitrogens is 4. The number of thiophene rings is 1. The third-order valence-electron chi connectivity index (χ3n) is 13.3. The average molecular weight is 1090 g/mol. The zero-order valence-electron chi connectivity index (χ0n) is 44.0. The lowest BCUT2D eigenvalue weighted by Gasteiger charge is -2.35. The number of rotatable bonds is 22. The number of ether oxygens (including phenoxy) is 3. The number of hydrogen-bond donors (Lipinski definition) is 4. The van der Waals surface area contributed by atoms with Gasteiger partial charge in [0.1, 0.15) is 41.3 Å². The fourth-order valence-corrected chi connectivity index (χ4v) is 11.3. The highest BCUT2D eigenvalue weighted by molar-refractivity contribution is 7.15. The first-order chi connectivity index (χ1) is 36.5. The first kappa shape index (κ1) is 55.9. The minimum atomic E-state index is -0.964. The molecule has 8 rings (SSSR count). The van der Waals surface area contributed by atoms with Crippen LogP contribution in [-0.4, -0.2) is 117 Å². The lowest BCUT2D eigenvalue weighted by atomic mass is 9.85. The van der Waals surface area contributed by atoms with Gasteiger partial charge in [0, 0.05) is 78.9 Å². The van der Waals surface area contributed by atoms with E-state index in [1.165, 1.54) is 9.78 Å². The summed E-state index contributed by atoms with van der Waals surface area (Å²) in [6, 6.07) is 20.2. The molecule has 0 saturated carbocycles. The Hall–Kier alpha value is -6.35. The molecule has 0 aliphatic carbocycles. The summed E-state index contributed by atoms with van der Waals surface area (Å²) in [6.07, 6.45) is 1.12. The number of benzene rings is 3. The molecule has 1 saturated heterocycles. The van der Waals surface area contributed by atoms with E-state index in [4.69, 9.17) is 30.8 Å². The van der Waals surface area contributed by atoms with Crippen LogP contribution in [0.25, 0.3) is 15.4 Å². The topological polar surface area (TPSA) is 211 Å². The fourth-order valence-electron chi connectivity index (χ4n) is 9.17. The summed E-state index contributed by atoms with van der Waals surface area (Å²) in [5.41, 5.74) is 8.46. The molecule has 3 aromatic carbocycles. The molecular formula is C56H66ClN9O8S2. The minimum absolute atomic E-state index is 0.0176. The van der Waals surface area contributed by atoms with Gasteiger partial charge >= 0.3 is 0 Å². The number of nitrogens with zero attached hydrogens (tertiary/aromatic N) is 6. The van der Waals surface area contributed by atoms with Gasteiger partial charge in [-0.05, 0) is 85.7 Å². The molecule has 402 valence electrons. The van der Waals surface area contributed by atoms with Crippen LogP contribution in [0.3, 0.4) is 0 Å². The number of anilines is 1. The molecule has 5 heterocycles. The van der Waals surface area contributed by atoms with Crippen molar-refractivity contribution >= 4 is 69.3 Å². The number of amides is 4. The predicted octanol–water partition coefficient (Wildman–Crippen LogP) is 8.52. The molecule has 3 aromatic heterocycles. The molecule has 4 amide bonds. The third kappa shape index (κ3) is 13.6. The van der Waals surface area contributed by atoms with Crippen molar-refractivity contribution in [2.24, 2.45) is 10.4 Å². The van der Waals surface area contributed by atoms with Gasteiger partial charge in [-0.3, -0.25) is 28.7 Å². The quantitative estimate of drug-likeness (QED) is 0.0474. The number of aliphatic hydroxyl groups is 1. The Kier molecular flexibility index (Phi) is 18.5. The maximum atomic E-state index is 14.0. The largest absolute Gasteiger partial charge is 0.494 e. The molecule has 4 atom stereocenters. The standard InChI is InChI=1S/C56H66ClN9O8S2/c1-8-45-63-64-52-43(61-49(37-15-17-39(57)18-16-37)48-33(2)35(4)76-55(48)66(45)52)28-46(68)60-40-19-21-42(22-20-40)74-26-10-24-72-23-9-25-73-31-47(69)62-51(56(5,6)7)54(71)65-30-41(67)27-44(65)53(70)58-29-36-11-13-38(14-12-36)50-34(3)59-32-75-50/h11-22,32,41,43-44,51,67H,8-10,23-31H2,1-7H3,(H,58,70)(H,60,68)(H,62,69)/t41-,43+,44+,51-/m1/s1. The first-order valence-corrected chi connectivity index (χ1v) is 27.7. The number of carbonyl (C=O) groups excluding carboxylic acids is 4. The van der Waals surface area contributed by atoms with E-state index >= 15 is 0 Å². The normalized spacial score (nSPS) is 16.6. The van der Waals surface area contributed by atoms with Crippen molar-refractivity contribution < 1.29 is 38.5 Å². The maximum Gasteiger partial charge on any atom is 0.246 e. The van der Waals surface area contributed by atoms with E-state index in [1.54, 1.807) is 46.9 Å². The predicted molar refractivity (Wildman–Crippen MR) is 296 cm³/mol. The minimum Gasteiger partial charge on any atom is -0.494 e. The zero-order chi connectivity index (χ0) is 54.1. The Balaban J connectivity index is 0.728. The summed E-state index contributed by atoms with van der Waals surface area (Å²) in [5, 5.41) is 30.1. The van der Waals surface area contributed by atoms with Gasteiger partial charge in [-0.25, -0.2) is 4.98 Å². The molecule has 0 spiro atoms. The number of carbonyl (C=O) groups is 4. The summed E-state index contributed by atoms with van der Waals surface area (Å²) in [7, 11) is 0. The van der Waals surface area contributed by atoms with Crippen LogP contribution in [0.2, 0.25) is 5.02 Å². The van der Waals surface area contributed by atoms with Gasteiger partial charge in [0.15, 0.2) is 5.82 Å². The first-order valence-electron chi connectivity index (χ1n) is 25.6. The maximum absolute atomic E-state index is 14.0. The zero-order valence-corrected chi connectivity index (χ0v) is 46.4. The molecule has 0 unspecified atom stereocenters. The van der Waals surface area contributed by atoms with E-state index < -0.39 is 41.5 Å². The van der Waals surface area contributed by atoms with Gasteiger partial charge in [0.2, 0.25) is 23.6 Å². The molecular weight excluding hydrogens is 1030 g/mol. The van der Waals surface area contributed by atoms with E-state index in [2.05, 4.69) is 49.5 Å². The Morgan fingerprint density at radius 3 is 2.26 bits per heavy atom. The van der Waals surface area contributed by atoms with Crippen LogP contribution in [0.1, 0.15) is 104 Å². The Labute approximate surface area is 456 Å². The summed E-state index contributed by atoms with van der Waals surface area (Å²) in [6.45, 7) is 15.3. The average Bonchev–Trinajstić information content (AvgIpc) is 4.20. The number of aliphatic hydroxyl groups excluding tert-OH is 1. The van der Waals surface area contributed by atoms with Crippen LogP contribution in [0.5, 0.6) is 5.75 Å². The van der Waals surface area contributed by atoms with Gasteiger partial charge in [-0.1, -0.05) is 75.7 Å². The van der Waals surface area contributed by atoms with Crippen LogP contribution in [0.4, 0.5) is 5.69 Å². The van der Waals surface area contributed by atoms with Crippen LogP contribution in [0, 0.1) is 26.2 Å². The second-order valence-corrected chi connectivity index (χ2v) is 22.6. The second-order valence-electron chi connectivity index (χ2n) is 20.1. The van der Waals surface area contributed by atoms with E-state index in [0.29, 0.717) is 61.4 Å². The van der Waals surface area contributed by atoms with Crippen molar-refractivity contribution in [3.63, 3.8) is 0 Å². The summed E-state index contributed by atoms with van der Waals surface area (Å²) >= 11 is 9.52. The lowest BCUT2D eigenvalue weighted by Crippen LogP contribution is -2.58. The number of halogens is 1. The van der Waals surface area contributed by atoms with Crippen molar-refractivity contribution in [2.45, 2.75) is 111 Å². The highest BCUT2D eigenvalue weighted by Gasteiger charge is 2.44. The van der Waals surface area contributed by atoms with Crippen molar-refractivity contribution in [1.29, 1.82) is 0 Å². The highest BCUT2D eigenvalue weighted by atomic mass is 35.5. The molecule has 2 aliphatic rings. The molecule has 20 heteroatoms. The number of aliphatic imine (C=N–C) groups is 1. The molecule has 2 aliphatic heterocycles.